The summed E-state index contributed by atoms with van der Waals surface area (Å²) < 4.78 is 28.7. The van der Waals surface area contributed by atoms with Gasteiger partial charge in [-0.05, 0) is 42.3 Å². The molecule has 32 heavy (non-hydrogen) atoms. The normalized spacial score (nSPS) is 11.2. The zero-order valence-corrected chi connectivity index (χ0v) is 19.0. The number of carbonyl (C=O) groups excluding carboxylic acids is 1. The van der Waals surface area contributed by atoms with Gasteiger partial charge in [0.15, 0.2) is 11.0 Å². The maximum absolute atomic E-state index is 13.4. The molecule has 0 fully saturated rings. The first-order chi connectivity index (χ1) is 15.4. The molecule has 0 saturated heterocycles. The van der Waals surface area contributed by atoms with Gasteiger partial charge in [-0.15, -0.1) is 11.8 Å². The molecule has 0 atom stereocenters. The van der Waals surface area contributed by atoms with E-state index in [2.05, 4.69) is 15.3 Å². The third kappa shape index (κ3) is 5.05. The third-order valence-electron chi connectivity index (χ3n) is 4.79. The van der Waals surface area contributed by atoms with Crippen LogP contribution in [0, 0.1) is 18.6 Å². The van der Waals surface area contributed by atoms with E-state index in [9.17, 15) is 13.6 Å². The highest BCUT2D eigenvalue weighted by Crippen LogP contribution is 2.36. The topological polar surface area (TPSA) is 59.8 Å². The van der Waals surface area contributed by atoms with Gasteiger partial charge in [-0.1, -0.05) is 35.6 Å². The maximum atomic E-state index is 13.4. The van der Waals surface area contributed by atoms with Gasteiger partial charge in [0.1, 0.15) is 11.6 Å². The first-order valence-electron chi connectivity index (χ1n) is 9.78. The molecule has 2 aromatic heterocycles. The maximum Gasteiger partial charge on any atom is 0.236 e. The van der Waals surface area contributed by atoms with E-state index in [-0.39, 0.29) is 28.5 Å². The van der Waals surface area contributed by atoms with Crippen molar-refractivity contribution < 1.29 is 13.6 Å². The Kier molecular flexibility index (Phi) is 6.66. The van der Waals surface area contributed by atoms with Crippen molar-refractivity contribution in [2.24, 2.45) is 7.05 Å². The molecule has 2 aromatic carbocycles. The zero-order chi connectivity index (χ0) is 22.7. The highest BCUT2D eigenvalue weighted by Gasteiger charge is 2.19. The average molecular weight is 471 g/mol. The van der Waals surface area contributed by atoms with Crippen molar-refractivity contribution in [1.82, 2.24) is 14.5 Å². The summed E-state index contributed by atoms with van der Waals surface area (Å²) in [6, 6.07) is 12.2. The van der Waals surface area contributed by atoms with Gasteiger partial charge in [0.25, 0.3) is 0 Å². The fraction of sp³-hybridized carbons (Fsp3) is 0.174. The number of anilines is 1. The zero-order valence-electron chi connectivity index (χ0n) is 17.4. The number of rotatable bonds is 7. The number of benzene rings is 2. The summed E-state index contributed by atoms with van der Waals surface area (Å²) in [7, 11) is 1.90. The third-order valence-corrected chi connectivity index (χ3v) is 7.17. The number of halogens is 2. The lowest BCUT2D eigenvalue weighted by Crippen LogP contribution is -2.15. The van der Waals surface area contributed by atoms with Crippen LogP contribution in [0.3, 0.4) is 0 Å². The molecule has 0 aliphatic carbocycles. The van der Waals surface area contributed by atoms with E-state index in [1.165, 1.54) is 47.4 Å². The molecule has 0 unspecified atom stereocenters. The number of aromatic nitrogens is 3. The lowest BCUT2D eigenvalue weighted by atomic mass is 10.0. The molecule has 0 spiro atoms. The first kappa shape index (κ1) is 22.2. The number of nitrogens with one attached hydrogen (secondary N) is 1. The number of amides is 1. The predicted octanol–water partition coefficient (Wildman–Crippen LogP) is 5.59. The summed E-state index contributed by atoms with van der Waals surface area (Å²) in [5, 5.41) is 3.11. The second-order valence-corrected chi connectivity index (χ2v) is 9.23. The molecule has 2 heterocycles. The molecule has 5 nitrogen and oxygen atoms in total. The minimum Gasteiger partial charge on any atom is -0.333 e. The van der Waals surface area contributed by atoms with Gasteiger partial charge >= 0.3 is 0 Å². The standard InChI is InChI=1S/C23H20F2N4OS2/c1-14-20(22-26-11-12-29(22)2)32-23(27-14)28-19(30)13-31-21(15-3-7-17(24)8-4-15)16-5-9-18(25)10-6-16/h3-12,21H,13H2,1-2H3,(H,27,28,30). The number of thiazole rings is 1. The summed E-state index contributed by atoms with van der Waals surface area (Å²) in [5.41, 5.74) is 2.46. The van der Waals surface area contributed by atoms with Crippen molar-refractivity contribution in [2.45, 2.75) is 12.2 Å². The molecule has 0 bridgehead atoms. The van der Waals surface area contributed by atoms with Crippen LogP contribution in [0.15, 0.2) is 60.9 Å². The van der Waals surface area contributed by atoms with E-state index in [1.807, 2.05) is 24.7 Å². The minimum absolute atomic E-state index is 0.149. The van der Waals surface area contributed by atoms with Gasteiger partial charge in [0.2, 0.25) is 5.91 Å². The molecular formula is C23H20F2N4OS2. The monoisotopic (exact) mass is 470 g/mol. The number of thioether (sulfide) groups is 1. The van der Waals surface area contributed by atoms with Crippen LogP contribution in [0.1, 0.15) is 22.1 Å². The van der Waals surface area contributed by atoms with E-state index in [0.717, 1.165) is 27.5 Å². The molecule has 4 rings (SSSR count). The van der Waals surface area contributed by atoms with Crippen molar-refractivity contribution in [2.75, 3.05) is 11.1 Å². The summed E-state index contributed by atoms with van der Waals surface area (Å²) >= 11 is 2.75. The molecule has 164 valence electrons. The summed E-state index contributed by atoms with van der Waals surface area (Å²) in [5.74, 6) is 0.0661. The van der Waals surface area contributed by atoms with Crippen molar-refractivity contribution in [3.8, 4) is 10.7 Å². The van der Waals surface area contributed by atoms with Gasteiger partial charge in [-0.25, -0.2) is 18.7 Å². The minimum atomic E-state index is -0.336. The number of carbonyl (C=O) groups is 1. The Labute approximate surface area is 192 Å². The number of hydrogen-bond acceptors (Lipinski definition) is 5. The Morgan fingerprint density at radius 3 is 2.22 bits per heavy atom. The quantitative estimate of drug-likeness (QED) is 0.382. The lowest BCUT2D eigenvalue weighted by Gasteiger charge is -2.17. The second kappa shape index (κ2) is 9.62. The molecule has 1 N–H and O–H groups in total. The van der Waals surface area contributed by atoms with E-state index in [4.69, 9.17) is 0 Å². The molecule has 0 aliphatic rings. The predicted molar refractivity (Wildman–Crippen MR) is 125 cm³/mol. The fourth-order valence-corrected chi connectivity index (χ4v) is 5.33. The Morgan fingerprint density at radius 1 is 1.09 bits per heavy atom. The van der Waals surface area contributed by atoms with Crippen molar-refractivity contribution in [3.63, 3.8) is 0 Å². The van der Waals surface area contributed by atoms with Crippen LogP contribution >= 0.6 is 23.1 Å². The summed E-state index contributed by atoms with van der Waals surface area (Å²) in [6.07, 6.45) is 3.57. The van der Waals surface area contributed by atoms with E-state index in [0.29, 0.717) is 5.13 Å². The molecular weight excluding hydrogens is 450 g/mol. The van der Waals surface area contributed by atoms with E-state index >= 15 is 0 Å². The van der Waals surface area contributed by atoms with Crippen LogP contribution in [-0.2, 0) is 11.8 Å². The Hall–Kier alpha value is -3.04. The Balaban J connectivity index is 1.47. The first-order valence-corrected chi connectivity index (χ1v) is 11.6. The molecule has 0 radical (unpaired) electrons. The number of hydrogen-bond donors (Lipinski definition) is 1. The van der Waals surface area contributed by atoms with Gasteiger partial charge in [0, 0.05) is 19.4 Å². The van der Waals surface area contributed by atoms with Gasteiger partial charge < -0.3 is 9.88 Å². The van der Waals surface area contributed by atoms with Gasteiger partial charge in [-0.3, -0.25) is 4.79 Å². The molecule has 1 amide bonds. The van der Waals surface area contributed by atoms with E-state index in [1.54, 1.807) is 30.5 Å². The lowest BCUT2D eigenvalue weighted by molar-refractivity contribution is -0.113. The van der Waals surface area contributed by atoms with Crippen molar-refractivity contribution in [3.05, 3.63) is 89.4 Å². The average Bonchev–Trinajstić information content (AvgIpc) is 3.35. The summed E-state index contributed by atoms with van der Waals surface area (Å²) in [4.78, 5) is 22.3. The number of imidazole rings is 1. The Morgan fingerprint density at radius 2 is 1.69 bits per heavy atom. The second-order valence-electron chi connectivity index (χ2n) is 7.14. The van der Waals surface area contributed by atoms with Gasteiger partial charge in [0.05, 0.1) is 21.6 Å². The van der Waals surface area contributed by atoms with Crippen LogP contribution in [0.25, 0.3) is 10.7 Å². The van der Waals surface area contributed by atoms with Crippen LogP contribution in [0.4, 0.5) is 13.9 Å². The van der Waals surface area contributed by atoms with Crippen LogP contribution in [0.5, 0.6) is 0 Å². The van der Waals surface area contributed by atoms with Crippen LogP contribution in [0.2, 0.25) is 0 Å². The molecule has 4 aromatic rings. The SMILES string of the molecule is Cc1nc(NC(=O)CSC(c2ccc(F)cc2)c2ccc(F)cc2)sc1-c1nccn1C. The number of aryl methyl sites for hydroxylation is 2. The van der Waals surface area contributed by atoms with Crippen LogP contribution in [-0.4, -0.2) is 26.2 Å². The fourth-order valence-electron chi connectivity index (χ4n) is 3.22. The summed E-state index contributed by atoms with van der Waals surface area (Å²) in [6.45, 7) is 1.88. The van der Waals surface area contributed by atoms with E-state index < -0.39 is 0 Å². The van der Waals surface area contributed by atoms with Crippen molar-refractivity contribution >= 4 is 34.1 Å². The molecule has 9 heteroatoms. The molecule has 0 aliphatic heterocycles. The highest BCUT2D eigenvalue weighted by molar-refractivity contribution is 8.00. The number of nitrogens with zero attached hydrogens (tertiary/aromatic N) is 3. The Bertz CT molecular complexity index is 1170. The van der Waals surface area contributed by atoms with Crippen LogP contribution < -0.4 is 5.32 Å². The van der Waals surface area contributed by atoms with Gasteiger partial charge in [-0.2, -0.15) is 0 Å². The smallest absolute Gasteiger partial charge is 0.236 e. The van der Waals surface area contributed by atoms with Crippen molar-refractivity contribution in [1.29, 1.82) is 0 Å². The highest BCUT2D eigenvalue weighted by atomic mass is 32.2. The molecule has 0 saturated carbocycles. The largest absolute Gasteiger partial charge is 0.333 e.